The number of carbonyl (C=O) groups excluding carboxylic acids is 2. The molecule has 5 nitrogen and oxygen atoms in total. The highest BCUT2D eigenvalue weighted by molar-refractivity contribution is 5.85. The fourth-order valence-electron chi connectivity index (χ4n) is 1.52. The molecule has 1 aromatic rings. The van der Waals surface area contributed by atoms with Crippen molar-refractivity contribution in [1.29, 1.82) is 0 Å². The fraction of sp³-hybridized carbons (Fsp3) is 0.462. The number of hydrogen-bond donors (Lipinski definition) is 1. The average Bonchev–Trinajstić information content (AvgIpc) is 2.36. The van der Waals surface area contributed by atoms with Crippen molar-refractivity contribution in [3.05, 3.63) is 30.1 Å². The van der Waals surface area contributed by atoms with Crippen molar-refractivity contribution >= 4 is 11.9 Å². The van der Waals surface area contributed by atoms with E-state index in [1.165, 1.54) is 7.11 Å². The zero-order valence-electron chi connectivity index (χ0n) is 10.8. The lowest BCUT2D eigenvalue weighted by Gasteiger charge is -2.19. The van der Waals surface area contributed by atoms with Crippen LogP contribution in [-0.4, -0.2) is 30.0 Å². The Morgan fingerprint density at radius 2 is 2.11 bits per heavy atom. The molecule has 1 amide bonds. The molecule has 1 N–H and O–H groups in total. The first-order chi connectivity index (χ1) is 8.54. The number of methoxy groups -OCH3 is 1. The van der Waals surface area contributed by atoms with Crippen molar-refractivity contribution in [2.24, 2.45) is 5.92 Å². The minimum Gasteiger partial charge on any atom is -0.467 e. The molecule has 0 spiro atoms. The molecule has 0 fully saturated rings. The number of carbonyl (C=O) groups is 2. The van der Waals surface area contributed by atoms with Crippen molar-refractivity contribution in [3.63, 3.8) is 0 Å². The molecule has 1 heterocycles. The first-order valence-electron chi connectivity index (χ1n) is 5.81. The molecule has 0 aromatic carbocycles. The molecule has 1 rings (SSSR count). The third-order valence-corrected chi connectivity index (χ3v) is 2.51. The Morgan fingerprint density at radius 3 is 2.61 bits per heavy atom. The summed E-state index contributed by atoms with van der Waals surface area (Å²) in [5.74, 6) is -0.692. The second-order valence-corrected chi connectivity index (χ2v) is 4.31. The summed E-state index contributed by atoms with van der Waals surface area (Å²) in [4.78, 5) is 27.3. The molecule has 0 bridgehead atoms. The topological polar surface area (TPSA) is 68.3 Å². The molecule has 1 unspecified atom stereocenters. The van der Waals surface area contributed by atoms with E-state index < -0.39 is 12.0 Å². The number of nitrogens with zero attached hydrogens (tertiary/aromatic N) is 1. The van der Waals surface area contributed by atoms with E-state index in [2.05, 4.69) is 15.0 Å². The van der Waals surface area contributed by atoms with E-state index in [-0.39, 0.29) is 18.2 Å². The molecular weight excluding hydrogens is 232 g/mol. The van der Waals surface area contributed by atoms with Crippen molar-refractivity contribution in [1.82, 2.24) is 10.3 Å². The third-order valence-electron chi connectivity index (χ3n) is 2.51. The van der Waals surface area contributed by atoms with Crippen LogP contribution >= 0.6 is 0 Å². The lowest BCUT2D eigenvalue weighted by Crippen LogP contribution is -2.45. The summed E-state index contributed by atoms with van der Waals surface area (Å²) in [6.45, 7) is 3.70. The van der Waals surface area contributed by atoms with Gasteiger partial charge in [-0.1, -0.05) is 19.9 Å². The SMILES string of the molecule is COC(=O)C(NC(=O)Cc1ccccn1)C(C)C. The van der Waals surface area contributed by atoms with Gasteiger partial charge in [0.1, 0.15) is 6.04 Å². The normalized spacial score (nSPS) is 12.0. The molecular formula is C13H18N2O3. The van der Waals surface area contributed by atoms with E-state index in [9.17, 15) is 9.59 Å². The van der Waals surface area contributed by atoms with Crippen molar-refractivity contribution in [2.45, 2.75) is 26.3 Å². The van der Waals surface area contributed by atoms with Gasteiger partial charge in [0.05, 0.1) is 13.5 Å². The highest BCUT2D eigenvalue weighted by atomic mass is 16.5. The van der Waals surface area contributed by atoms with E-state index in [4.69, 9.17) is 0 Å². The largest absolute Gasteiger partial charge is 0.467 e. The zero-order chi connectivity index (χ0) is 13.5. The van der Waals surface area contributed by atoms with Gasteiger partial charge < -0.3 is 10.1 Å². The summed E-state index contributed by atoms with van der Waals surface area (Å²) in [5, 5.41) is 2.66. The number of amides is 1. The lowest BCUT2D eigenvalue weighted by atomic mass is 10.0. The molecule has 18 heavy (non-hydrogen) atoms. The van der Waals surface area contributed by atoms with Crippen LogP contribution in [0.5, 0.6) is 0 Å². The van der Waals surface area contributed by atoms with Gasteiger partial charge in [-0.3, -0.25) is 9.78 Å². The Kier molecular flexibility index (Phi) is 5.30. The van der Waals surface area contributed by atoms with E-state index in [1.54, 1.807) is 18.3 Å². The number of ether oxygens (including phenoxy) is 1. The standard InChI is InChI=1S/C13H18N2O3/c1-9(2)12(13(17)18-3)15-11(16)8-10-6-4-5-7-14-10/h4-7,9,12H,8H2,1-3H3,(H,15,16). The molecule has 1 atom stereocenters. The van der Waals surface area contributed by atoms with E-state index in [1.807, 2.05) is 19.9 Å². The average molecular weight is 250 g/mol. The fourth-order valence-corrected chi connectivity index (χ4v) is 1.52. The van der Waals surface area contributed by atoms with Gasteiger partial charge in [-0.15, -0.1) is 0 Å². The minimum absolute atomic E-state index is 0.0230. The van der Waals surface area contributed by atoms with Crippen molar-refractivity contribution in [2.75, 3.05) is 7.11 Å². The molecule has 0 aliphatic carbocycles. The molecule has 98 valence electrons. The summed E-state index contributed by atoms with van der Waals surface area (Å²) in [7, 11) is 1.31. The molecule has 0 saturated heterocycles. The summed E-state index contributed by atoms with van der Waals surface area (Å²) in [6, 6.07) is 4.75. The van der Waals surface area contributed by atoms with Crippen LogP contribution in [0.15, 0.2) is 24.4 Å². The summed E-state index contributed by atoms with van der Waals surface area (Å²) in [6.07, 6.45) is 1.78. The van der Waals surface area contributed by atoms with Crippen LogP contribution in [0.25, 0.3) is 0 Å². The summed E-state index contributed by atoms with van der Waals surface area (Å²) < 4.78 is 4.66. The van der Waals surface area contributed by atoms with Crippen molar-refractivity contribution in [3.8, 4) is 0 Å². The highest BCUT2D eigenvalue weighted by Gasteiger charge is 2.24. The van der Waals surface area contributed by atoms with Gasteiger partial charge in [0.25, 0.3) is 0 Å². The maximum Gasteiger partial charge on any atom is 0.328 e. The Bertz CT molecular complexity index is 404. The Balaban J connectivity index is 2.60. The van der Waals surface area contributed by atoms with Crippen LogP contribution < -0.4 is 5.32 Å². The van der Waals surface area contributed by atoms with Gasteiger partial charge in [0.15, 0.2) is 0 Å². The van der Waals surface area contributed by atoms with E-state index in [0.29, 0.717) is 5.69 Å². The van der Waals surface area contributed by atoms with Crippen LogP contribution in [0, 0.1) is 5.92 Å². The lowest BCUT2D eigenvalue weighted by molar-refractivity contribution is -0.146. The molecule has 0 aliphatic heterocycles. The Morgan fingerprint density at radius 1 is 1.39 bits per heavy atom. The van der Waals surface area contributed by atoms with Crippen LogP contribution in [0.2, 0.25) is 0 Å². The quantitative estimate of drug-likeness (QED) is 0.790. The van der Waals surface area contributed by atoms with Gasteiger partial charge >= 0.3 is 5.97 Å². The molecule has 1 aromatic heterocycles. The Hall–Kier alpha value is -1.91. The number of esters is 1. The van der Waals surface area contributed by atoms with Crippen LogP contribution in [0.1, 0.15) is 19.5 Å². The maximum atomic E-state index is 11.8. The van der Waals surface area contributed by atoms with E-state index in [0.717, 1.165) is 0 Å². The first-order valence-corrected chi connectivity index (χ1v) is 5.81. The number of rotatable bonds is 5. The predicted molar refractivity (Wildman–Crippen MR) is 66.7 cm³/mol. The molecule has 0 radical (unpaired) electrons. The van der Waals surface area contributed by atoms with Crippen LogP contribution in [0.3, 0.4) is 0 Å². The third kappa shape index (κ3) is 4.16. The summed E-state index contributed by atoms with van der Waals surface area (Å²) in [5.41, 5.74) is 0.669. The van der Waals surface area contributed by atoms with Gasteiger partial charge in [0.2, 0.25) is 5.91 Å². The smallest absolute Gasteiger partial charge is 0.328 e. The second-order valence-electron chi connectivity index (χ2n) is 4.31. The van der Waals surface area contributed by atoms with Crippen molar-refractivity contribution < 1.29 is 14.3 Å². The molecule has 0 saturated carbocycles. The van der Waals surface area contributed by atoms with Gasteiger partial charge in [0, 0.05) is 11.9 Å². The van der Waals surface area contributed by atoms with Gasteiger partial charge in [-0.2, -0.15) is 0 Å². The van der Waals surface area contributed by atoms with Crippen LogP contribution in [-0.2, 0) is 20.7 Å². The first kappa shape index (κ1) is 14.2. The van der Waals surface area contributed by atoms with E-state index >= 15 is 0 Å². The monoisotopic (exact) mass is 250 g/mol. The molecule has 0 aliphatic rings. The Labute approximate surface area is 107 Å². The number of aromatic nitrogens is 1. The minimum atomic E-state index is -0.619. The highest BCUT2D eigenvalue weighted by Crippen LogP contribution is 2.04. The zero-order valence-corrected chi connectivity index (χ0v) is 10.8. The number of nitrogens with one attached hydrogen (secondary N) is 1. The predicted octanol–water partition coefficient (Wildman–Crippen LogP) is 0.938. The second kappa shape index (κ2) is 6.74. The van der Waals surface area contributed by atoms with Gasteiger partial charge in [-0.05, 0) is 18.1 Å². The number of pyridine rings is 1. The number of hydrogen-bond acceptors (Lipinski definition) is 4. The van der Waals surface area contributed by atoms with Gasteiger partial charge in [-0.25, -0.2) is 4.79 Å². The maximum absolute atomic E-state index is 11.8. The molecule has 5 heteroatoms. The summed E-state index contributed by atoms with van der Waals surface area (Å²) >= 11 is 0. The van der Waals surface area contributed by atoms with Crippen LogP contribution in [0.4, 0.5) is 0 Å².